The number of thiazole rings is 1. The molecule has 28 heavy (non-hydrogen) atoms. The molecule has 0 bridgehead atoms. The van der Waals surface area contributed by atoms with Crippen LogP contribution in [-0.4, -0.2) is 24.0 Å². The van der Waals surface area contributed by atoms with Gasteiger partial charge in [-0.05, 0) is 37.5 Å². The number of hydrogen-bond donors (Lipinski definition) is 2. The maximum Gasteiger partial charge on any atom is 0.434 e. The van der Waals surface area contributed by atoms with Crippen LogP contribution >= 0.6 is 35.3 Å². The summed E-state index contributed by atoms with van der Waals surface area (Å²) < 4.78 is 51.0. The van der Waals surface area contributed by atoms with E-state index in [0.29, 0.717) is 24.1 Å². The molecular formula is C18H21F4IN4S. The van der Waals surface area contributed by atoms with Crippen LogP contribution in [0.15, 0.2) is 34.6 Å². The highest BCUT2D eigenvalue weighted by Gasteiger charge is 2.44. The zero-order valence-electron chi connectivity index (χ0n) is 15.1. The van der Waals surface area contributed by atoms with Crippen molar-refractivity contribution in [1.82, 2.24) is 15.6 Å². The number of aliphatic imine (C=N–C) groups is 1. The van der Waals surface area contributed by atoms with Gasteiger partial charge in [0.15, 0.2) is 11.7 Å². The second kappa shape index (κ2) is 9.38. The lowest BCUT2D eigenvalue weighted by Gasteiger charge is -2.19. The number of alkyl halides is 3. The van der Waals surface area contributed by atoms with E-state index in [1.54, 1.807) is 12.1 Å². The van der Waals surface area contributed by atoms with E-state index in [1.165, 1.54) is 12.1 Å². The Bertz CT molecular complexity index is 801. The lowest BCUT2D eigenvalue weighted by Crippen LogP contribution is -2.41. The predicted octanol–water partition coefficient (Wildman–Crippen LogP) is 4.71. The molecule has 0 atom stereocenters. The van der Waals surface area contributed by atoms with Crippen LogP contribution in [0.2, 0.25) is 0 Å². The molecule has 154 valence electrons. The van der Waals surface area contributed by atoms with Crippen molar-refractivity contribution in [1.29, 1.82) is 0 Å². The normalized spacial score (nSPS) is 15.7. The number of halogens is 5. The van der Waals surface area contributed by atoms with Gasteiger partial charge in [0.25, 0.3) is 0 Å². The van der Waals surface area contributed by atoms with Crippen molar-refractivity contribution in [3.63, 3.8) is 0 Å². The molecule has 0 amide bonds. The molecule has 1 aromatic carbocycles. The summed E-state index contributed by atoms with van der Waals surface area (Å²) in [6.45, 7) is 3.23. The van der Waals surface area contributed by atoms with Crippen LogP contribution in [0.5, 0.6) is 0 Å². The summed E-state index contributed by atoms with van der Waals surface area (Å²) in [4.78, 5) is 7.92. The highest BCUT2D eigenvalue weighted by Crippen LogP contribution is 2.47. The average Bonchev–Trinajstić information content (AvgIpc) is 3.24. The van der Waals surface area contributed by atoms with Gasteiger partial charge in [-0.2, -0.15) is 13.2 Å². The highest BCUT2D eigenvalue weighted by atomic mass is 127. The lowest BCUT2D eigenvalue weighted by atomic mass is 9.96. The Morgan fingerprint density at radius 3 is 2.43 bits per heavy atom. The van der Waals surface area contributed by atoms with Crippen LogP contribution in [0.3, 0.4) is 0 Å². The van der Waals surface area contributed by atoms with Crippen LogP contribution in [0.4, 0.5) is 17.6 Å². The molecule has 10 heteroatoms. The van der Waals surface area contributed by atoms with E-state index in [0.717, 1.165) is 35.1 Å². The first-order valence-electron chi connectivity index (χ1n) is 8.62. The topological polar surface area (TPSA) is 49.3 Å². The Balaban J connectivity index is 0.00000280. The van der Waals surface area contributed by atoms with Gasteiger partial charge < -0.3 is 10.6 Å². The fourth-order valence-electron chi connectivity index (χ4n) is 2.78. The molecule has 1 aromatic heterocycles. The molecule has 2 N–H and O–H groups in total. The first kappa shape index (κ1) is 22.9. The van der Waals surface area contributed by atoms with Crippen molar-refractivity contribution >= 4 is 41.3 Å². The minimum Gasteiger partial charge on any atom is -0.357 e. The van der Waals surface area contributed by atoms with Crippen LogP contribution < -0.4 is 10.6 Å². The molecule has 0 aliphatic heterocycles. The molecule has 3 rings (SSSR count). The van der Waals surface area contributed by atoms with Gasteiger partial charge in [0.2, 0.25) is 0 Å². The number of nitrogens with zero attached hydrogens (tertiary/aromatic N) is 2. The monoisotopic (exact) mass is 528 g/mol. The summed E-state index contributed by atoms with van der Waals surface area (Å²) in [6.07, 6.45) is -2.45. The van der Waals surface area contributed by atoms with Gasteiger partial charge in [-0.25, -0.2) is 14.4 Å². The molecule has 0 spiro atoms. The van der Waals surface area contributed by atoms with Gasteiger partial charge in [0.1, 0.15) is 10.8 Å². The summed E-state index contributed by atoms with van der Waals surface area (Å²) in [5.41, 5.74) is 0.139. The quantitative estimate of drug-likeness (QED) is 0.247. The Morgan fingerprint density at radius 2 is 1.89 bits per heavy atom. The Morgan fingerprint density at radius 1 is 1.21 bits per heavy atom. The van der Waals surface area contributed by atoms with Gasteiger partial charge in [0, 0.05) is 23.9 Å². The van der Waals surface area contributed by atoms with Crippen molar-refractivity contribution in [3.05, 3.63) is 51.7 Å². The number of aromatic nitrogens is 1. The third-order valence-corrected chi connectivity index (χ3v) is 5.30. The second-order valence-corrected chi connectivity index (χ2v) is 7.40. The smallest absolute Gasteiger partial charge is 0.357 e. The highest BCUT2D eigenvalue weighted by molar-refractivity contribution is 14.0. The van der Waals surface area contributed by atoms with Crippen molar-refractivity contribution in [2.45, 2.75) is 37.9 Å². The van der Waals surface area contributed by atoms with Gasteiger partial charge in [-0.1, -0.05) is 12.1 Å². The number of guanidine groups is 1. The molecule has 4 nitrogen and oxygen atoms in total. The molecule has 1 saturated carbocycles. The third kappa shape index (κ3) is 5.79. The van der Waals surface area contributed by atoms with Crippen LogP contribution in [0.25, 0.3) is 0 Å². The number of hydrogen-bond acceptors (Lipinski definition) is 3. The summed E-state index contributed by atoms with van der Waals surface area (Å²) in [7, 11) is 0. The number of rotatable bonds is 6. The van der Waals surface area contributed by atoms with E-state index in [2.05, 4.69) is 20.6 Å². The second-order valence-electron chi connectivity index (χ2n) is 6.46. The van der Waals surface area contributed by atoms with Crippen LogP contribution in [-0.2, 0) is 18.1 Å². The lowest BCUT2D eigenvalue weighted by molar-refractivity contribution is -0.140. The van der Waals surface area contributed by atoms with Crippen molar-refractivity contribution < 1.29 is 17.6 Å². The van der Waals surface area contributed by atoms with E-state index >= 15 is 0 Å². The summed E-state index contributed by atoms with van der Waals surface area (Å²) >= 11 is 0.941. The fourth-order valence-corrected chi connectivity index (χ4v) is 3.50. The molecule has 1 aliphatic rings. The molecule has 2 aromatic rings. The van der Waals surface area contributed by atoms with E-state index in [-0.39, 0.29) is 41.8 Å². The minimum atomic E-state index is -4.44. The van der Waals surface area contributed by atoms with Gasteiger partial charge in [-0.15, -0.1) is 35.3 Å². The molecule has 1 aliphatic carbocycles. The molecule has 0 unspecified atom stereocenters. The fraction of sp³-hybridized carbons (Fsp3) is 0.444. The predicted molar refractivity (Wildman–Crippen MR) is 113 cm³/mol. The summed E-state index contributed by atoms with van der Waals surface area (Å²) in [6, 6.07) is 6.50. The first-order valence-corrected chi connectivity index (χ1v) is 9.50. The Hall–Kier alpha value is -1.43. The van der Waals surface area contributed by atoms with Crippen molar-refractivity contribution in [3.8, 4) is 0 Å². The zero-order chi connectivity index (χ0) is 19.5. The third-order valence-electron chi connectivity index (χ3n) is 4.46. The summed E-state index contributed by atoms with van der Waals surface area (Å²) in [5.74, 6) is 0.258. The van der Waals surface area contributed by atoms with Gasteiger partial charge in [0.05, 0.1) is 6.54 Å². The average molecular weight is 528 g/mol. The van der Waals surface area contributed by atoms with Gasteiger partial charge in [-0.3, -0.25) is 0 Å². The Labute approximate surface area is 181 Å². The van der Waals surface area contributed by atoms with E-state index in [1.807, 2.05) is 6.92 Å². The Kier molecular flexibility index (Phi) is 7.66. The molecule has 0 radical (unpaired) electrons. The van der Waals surface area contributed by atoms with E-state index < -0.39 is 11.9 Å². The zero-order valence-corrected chi connectivity index (χ0v) is 18.3. The van der Waals surface area contributed by atoms with Gasteiger partial charge >= 0.3 is 6.18 Å². The van der Waals surface area contributed by atoms with Crippen LogP contribution in [0, 0.1) is 5.82 Å². The maximum atomic E-state index is 13.1. The van der Waals surface area contributed by atoms with Crippen molar-refractivity contribution in [2.75, 3.05) is 13.1 Å². The standard InChI is InChI=1S/C18H20F4N4S.HI/c1-2-23-16(24-9-15-26-14(10-27-15)18(20,21)22)25-11-17(7-8-17)12-3-5-13(19)6-4-12;/h3-6,10H,2,7-9,11H2,1H3,(H2,23,24,25);1H. The molecule has 1 heterocycles. The molecule has 1 fully saturated rings. The first-order chi connectivity index (χ1) is 12.8. The molecule has 0 saturated heterocycles. The van der Waals surface area contributed by atoms with E-state index in [9.17, 15) is 17.6 Å². The largest absolute Gasteiger partial charge is 0.434 e. The number of benzene rings is 1. The molecular weight excluding hydrogens is 507 g/mol. The van der Waals surface area contributed by atoms with Crippen LogP contribution in [0.1, 0.15) is 36.0 Å². The SMILES string of the molecule is CCNC(=NCc1nc(C(F)(F)F)cs1)NCC1(c2ccc(F)cc2)CC1.I. The van der Waals surface area contributed by atoms with Crippen molar-refractivity contribution in [2.24, 2.45) is 4.99 Å². The number of nitrogens with one attached hydrogen (secondary N) is 2. The summed E-state index contributed by atoms with van der Waals surface area (Å²) in [5, 5.41) is 7.63. The minimum absolute atomic E-state index is 0. The maximum absolute atomic E-state index is 13.1. The van der Waals surface area contributed by atoms with E-state index in [4.69, 9.17) is 0 Å².